The predicted molar refractivity (Wildman–Crippen MR) is 96.2 cm³/mol. The van der Waals surface area contributed by atoms with Gasteiger partial charge in [-0.15, -0.1) is 0 Å². The molecular weight excluding hydrogens is 300 g/mol. The first-order valence-corrected chi connectivity index (χ1v) is 9.21. The minimum Gasteiger partial charge on any atom is -0.444 e. The van der Waals surface area contributed by atoms with Gasteiger partial charge in [0.05, 0.1) is 0 Å². The number of hydrogen-bond acceptors (Lipinski definition) is 3. The minimum absolute atomic E-state index is 0.249. The molecule has 0 aliphatic heterocycles. The number of hydrogen-bond donors (Lipinski definition) is 2. The van der Waals surface area contributed by atoms with Gasteiger partial charge >= 0.3 is 6.09 Å². The lowest BCUT2D eigenvalue weighted by Gasteiger charge is -2.32. The summed E-state index contributed by atoms with van der Waals surface area (Å²) in [4.78, 5) is 11.9. The zero-order valence-electron chi connectivity index (χ0n) is 15.1. The van der Waals surface area contributed by atoms with Crippen molar-refractivity contribution in [2.75, 3.05) is 0 Å². The summed E-state index contributed by atoms with van der Waals surface area (Å²) in [6.45, 7) is 5.69. The van der Waals surface area contributed by atoms with Crippen LogP contribution in [0.3, 0.4) is 0 Å². The Morgan fingerprint density at radius 1 is 0.958 bits per heavy atom. The van der Waals surface area contributed by atoms with Gasteiger partial charge in [0, 0.05) is 18.1 Å². The van der Waals surface area contributed by atoms with E-state index in [4.69, 9.17) is 4.74 Å². The second kappa shape index (κ2) is 7.14. The van der Waals surface area contributed by atoms with Crippen LogP contribution in [0.4, 0.5) is 4.79 Å². The molecule has 0 heterocycles. The fourth-order valence-corrected chi connectivity index (χ4v) is 3.89. The molecule has 2 aliphatic rings. The van der Waals surface area contributed by atoms with Gasteiger partial charge in [-0.25, -0.2) is 4.79 Å². The molecular formula is C20H30N2O2. The third kappa shape index (κ3) is 4.73. The smallest absolute Gasteiger partial charge is 0.407 e. The van der Waals surface area contributed by atoms with Crippen molar-refractivity contribution in [1.82, 2.24) is 10.6 Å². The van der Waals surface area contributed by atoms with Crippen molar-refractivity contribution in [3.63, 3.8) is 0 Å². The summed E-state index contributed by atoms with van der Waals surface area (Å²) in [5.41, 5.74) is 2.56. The number of amides is 1. The van der Waals surface area contributed by atoms with Crippen molar-refractivity contribution < 1.29 is 9.53 Å². The van der Waals surface area contributed by atoms with Crippen LogP contribution >= 0.6 is 0 Å². The first-order chi connectivity index (χ1) is 11.4. The monoisotopic (exact) mass is 330 g/mol. The Morgan fingerprint density at radius 3 is 2.04 bits per heavy atom. The third-order valence-electron chi connectivity index (χ3n) is 4.97. The molecule has 1 amide bonds. The normalized spacial score (nSPS) is 24.5. The predicted octanol–water partition coefficient (Wildman–Crippen LogP) is 3.58. The zero-order chi connectivity index (χ0) is 17.2. The first kappa shape index (κ1) is 17.3. The summed E-state index contributed by atoms with van der Waals surface area (Å²) in [6.07, 6.45) is 6.29. The number of carbonyl (C=O) groups excluding carboxylic acids is 1. The lowest BCUT2D eigenvalue weighted by molar-refractivity contribution is 0.0489. The van der Waals surface area contributed by atoms with Crippen LogP contribution in [0.1, 0.15) is 57.6 Å². The number of ether oxygens (including phenoxy) is 1. The molecule has 0 bridgehead atoms. The average Bonchev–Trinajstić information content (AvgIpc) is 2.89. The number of alkyl carbamates (subject to hydrolysis) is 1. The summed E-state index contributed by atoms with van der Waals surface area (Å²) in [5.74, 6) is 0. The van der Waals surface area contributed by atoms with Gasteiger partial charge in [0.25, 0.3) is 0 Å². The molecule has 1 saturated carbocycles. The molecule has 0 radical (unpaired) electrons. The van der Waals surface area contributed by atoms with Gasteiger partial charge in [-0.2, -0.15) is 0 Å². The Bertz CT molecular complexity index is 546. The summed E-state index contributed by atoms with van der Waals surface area (Å²) in [5, 5.41) is 6.85. The van der Waals surface area contributed by atoms with E-state index in [1.807, 2.05) is 20.8 Å². The van der Waals surface area contributed by atoms with Crippen LogP contribution in [-0.2, 0) is 17.6 Å². The molecule has 0 unspecified atom stereocenters. The van der Waals surface area contributed by atoms with Crippen LogP contribution in [0.5, 0.6) is 0 Å². The van der Waals surface area contributed by atoms with E-state index in [9.17, 15) is 4.79 Å². The number of fused-ring (bicyclic) bond motifs is 1. The Kier molecular flexibility index (Phi) is 5.14. The molecule has 4 heteroatoms. The second-order valence-electron chi connectivity index (χ2n) is 8.24. The Morgan fingerprint density at radius 2 is 1.50 bits per heavy atom. The standard InChI is InChI=1S/C20H30N2O2/c1-20(2,3)24-19(23)22-17-10-8-16(9-11-17)21-18-12-14-6-4-5-7-15(14)13-18/h4-7,16-18,21H,8-13H2,1-3H3,(H,22,23)/t16-,17+. The number of carbonyl (C=O) groups is 1. The molecule has 0 spiro atoms. The van der Waals surface area contributed by atoms with Gasteiger partial charge in [-0.05, 0) is 70.4 Å². The molecule has 4 nitrogen and oxygen atoms in total. The number of rotatable bonds is 3. The van der Waals surface area contributed by atoms with Crippen LogP contribution in [0.2, 0.25) is 0 Å². The quantitative estimate of drug-likeness (QED) is 0.890. The Balaban J connectivity index is 1.39. The van der Waals surface area contributed by atoms with Gasteiger partial charge in [0.15, 0.2) is 0 Å². The van der Waals surface area contributed by atoms with E-state index in [2.05, 4.69) is 34.9 Å². The van der Waals surface area contributed by atoms with E-state index in [1.54, 1.807) is 0 Å². The molecule has 1 fully saturated rings. The molecule has 2 N–H and O–H groups in total. The maximum atomic E-state index is 11.9. The van der Waals surface area contributed by atoms with Crippen molar-refractivity contribution >= 4 is 6.09 Å². The highest BCUT2D eigenvalue weighted by atomic mass is 16.6. The highest BCUT2D eigenvalue weighted by Gasteiger charge is 2.28. The molecule has 0 atom stereocenters. The SMILES string of the molecule is CC(C)(C)OC(=O)N[C@H]1CC[C@@H](NC2Cc3ccccc3C2)CC1. The highest BCUT2D eigenvalue weighted by molar-refractivity contribution is 5.68. The lowest BCUT2D eigenvalue weighted by atomic mass is 9.90. The van der Waals surface area contributed by atoms with Crippen LogP contribution in [0.25, 0.3) is 0 Å². The van der Waals surface area contributed by atoms with E-state index in [-0.39, 0.29) is 12.1 Å². The van der Waals surface area contributed by atoms with Gasteiger partial charge in [0.1, 0.15) is 5.60 Å². The van der Waals surface area contributed by atoms with Gasteiger partial charge in [-0.1, -0.05) is 24.3 Å². The fourth-order valence-electron chi connectivity index (χ4n) is 3.89. The largest absolute Gasteiger partial charge is 0.444 e. The molecule has 2 aliphatic carbocycles. The topological polar surface area (TPSA) is 50.4 Å². The Labute approximate surface area is 145 Å². The molecule has 132 valence electrons. The average molecular weight is 330 g/mol. The van der Waals surface area contributed by atoms with Crippen molar-refractivity contribution in [1.29, 1.82) is 0 Å². The number of benzene rings is 1. The number of nitrogens with one attached hydrogen (secondary N) is 2. The maximum absolute atomic E-state index is 11.9. The van der Waals surface area contributed by atoms with E-state index in [1.165, 1.54) is 11.1 Å². The van der Waals surface area contributed by atoms with Crippen LogP contribution in [-0.4, -0.2) is 29.8 Å². The van der Waals surface area contributed by atoms with Gasteiger partial charge in [-0.3, -0.25) is 0 Å². The molecule has 1 aromatic carbocycles. The molecule has 0 saturated heterocycles. The second-order valence-corrected chi connectivity index (χ2v) is 8.24. The van der Waals surface area contributed by atoms with Crippen molar-refractivity contribution in [3.05, 3.63) is 35.4 Å². The van der Waals surface area contributed by atoms with Crippen LogP contribution in [0, 0.1) is 0 Å². The van der Waals surface area contributed by atoms with Gasteiger partial charge < -0.3 is 15.4 Å². The minimum atomic E-state index is -0.430. The molecule has 3 rings (SSSR count). The highest BCUT2D eigenvalue weighted by Crippen LogP contribution is 2.25. The van der Waals surface area contributed by atoms with E-state index in [0.717, 1.165) is 38.5 Å². The van der Waals surface area contributed by atoms with Crippen LogP contribution in [0.15, 0.2) is 24.3 Å². The Hall–Kier alpha value is -1.55. The van der Waals surface area contributed by atoms with Crippen LogP contribution < -0.4 is 10.6 Å². The lowest BCUT2D eigenvalue weighted by Crippen LogP contribution is -2.46. The van der Waals surface area contributed by atoms with Crippen molar-refractivity contribution in [2.24, 2.45) is 0 Å². The van der Waals surface area contributed by atoms with Gasteiger partial charge in [0.2, 0.25) is 0 Å². The summed E-state index contributed by atoms with van der Waals surface area (Å²) < 4.78 is 5.35. The zero-order valence-corrected chi connectivity index (χ0v) is 15.1. The fraction of sp³-hybridized carbons (Fsp3) is 0.650. The van der Waals surface area contributed by atoms with Crippen molar-refractivity contribution in [2.45, 2.75) is 83.0 Å². The van der Waals surface area contributed by atoms with Crippen molar-refractivity contribution in [3.8, 4) is 0 Å². The van der Waals surface area contributed by atoms with E-state index in [0.29, 0.717) is 12.1 Å². The molecule has 1 aromatic rings. The van der Waals surface area contributed by atoms with E-state index >= 15 is 0 Å². The summed E-state index contributed by atoms with van der Waals surface area (Å²) in [7, 11) is 0. The molecule has 0 aromatic heterocycles. The first-order valence-electron chi connectivity index (χ1n) is 9.21. The maximum Gasteiger partial charge on any atom is 0.407 e. The van der Waals surface area contributed by atoms with E-state index < -0.39 is 5.60 Å². The summed E-state index contributed by atoms with van der Waals surface area (Å²) >= 11 is 0. The summed E-state index contributed by atoms with van der Waals surface area (Å²) in [6, 6.07) is 10.2. The molecule has 24 heavy (non-hydrogen) atoms. The third-order valence-corrected chi connectivity index (χ3v) is 4.97.